The second kappa shape index (κ2) is 8.22. The molecule has 0 amide bonds. The molecule has 2 aromatic heterocycles. The van der Waals surface area contributed by atoms with Crippen LogP contribution in [0.25, 0.3) is 22.7 Å². The zero-order valence-electron chi connectivity index (χ0n) is 16.9. The fourth-order valence-corrected chi connectivity index (χ4v) is 3.24. The van der Waals surface area contributed by atoms with E-state index in [-0.39, 0.29) is 0 Å². The average molecular weight is 386 g/mol. The number of hydrogen-bond acceptors (Lipinski definition) is 5. The fourth-order valence-electron chi connectivity index (χ4n) is 3.24. The topological polar surface area (TPSA) is 57.9 Å². The van der Waals surface area contributed by atoms with Crippen LogP contribution in [-0.2, 0) is 7.05 Å². The molecule has 0 aliphatic heterocycles. The summed E-state index contributed by atoms with van der Waals surface area (Å²) in [4.78, 5) is 6.86. The van der Waals surface area contributed by atoms with E-state index in [0.717, 1.165) is 41.3 Å². The molecule has 4 rings (SSSR count). The van der Waals surface area contributed by atoms with E-state index in [1.165, 1.54) is 5.69 Å². The Morgan fingerprint density at radius 2 is 1.52 bits per heavy atom. The van der Waals surface area contributed by atoms with Crippen LogP contribution in [0.2, 0.25) is 0 Å². The molecule has 0 fully saturated rings. The Morgan fingerprint density at radius 1 is 0.897 bits per heavy atom. The van der Waals surface area contributed by atoms with Gasteiger partial charge in [-0.15, -0.1) is 0 Å². The first-order chi connectivity index (χ1) is 14.2. The average Bonchev–Trinajstić information content (AvgIpc) is 3.20. The molecular formula is C23H24N5O+. The summed E-state index contributed by atoms with van der Waals surface area (Å²) >= 11 is 0. The summed E-state index contributed by atoms with van der Waals surface area (Å²) in [6, 6.07) is 19.8. The van der Waals surface area contributed by atoms with Crippen molar-refractivity contribution in [3.8, 4) is 11.5 Å². The molecule has 6 heteroatoms. The number of aryl methyl sites for hydroxylation is 1. The van der Waals surface area contributed by atoms with Gasteiger partial charge >= 0.3 is 5.71 Å². The monoisotopic (exact) mass is 386 g/mol. The molecule has 0 saturated carbocycles. The van der Waals surface area contributed by atoms with E-state index in [2.05, 4.69) is 46.1 Å². The first-order valence-electron chi connectivity index (χ1n) is 9.80. The van der Waals surface area contributed by atoms with Gasteiger partial charge in [0, 0.05) is 30.4 Å². The van der Waals surface area contributed by atoms with Crippen LogP contribution in [0.4, 0.5) is 17.1 Å². The number of benzene rings is 2. The third-order valence-electron chi connectivity index (χ3n) is 4.89. The first-order valence-corrected chi connectivity index (χ1v) is 9.80. The van der Waals surface area contributed by atoms with Gasteiger partial charge in [-0.2, -0.15) is 14.8 Å². The van der Waals surface area contributed by atoms with E-state index >= 15 is 0 Å². The molecule has 146 valence electrons. The van der Waals surface area contributed by atoms with Crippen molar-refractivity contribution < 1.29 is 8.98 Å². The van der Waals surface area contributed by atoms with Gasteiger partial charge in [0.2, 0.25) is 5.89 Å². The van der Waals surface area contributed by atoms with Gasteiger partial charge < -0.3 is 9.32 Å². The van der Waals surface area contributed by atoms with Crippen molar-refractivity contribution in [1.29, 1.82) is 0 Å². The third kappa shape index (κ3) is 4.01. The Hall–Kier alpha value is -3.54. The van der Waals surface area contributed by atoms with Crippen LogP contribution in [0.1, 0.15) is 13.8 Å². The maximum atomic E-state index is 5.90. The smallest absolute Gasteiger partial charge is 0.384 e. The van der Waals surface area contributed by atoms with E-state index in [9.17, 15) is 0 Å². The van der Waals surface area contributed by atoms with Crippen LogP contribution >= 0.6 is 0 Å². The van der Waals surface area contributed by atoms with Crippen molar-refractivity contribution in [2.24, 2.45) is 17.3 Å². The standard InChI is InChI=1S/C23H24N5O/c1-4-28(5-2)20-14-12-19(13-15-20)26-25-18-10-8-17(9-11-18)22-24-21-7-6-16-27(3)23(21)29-22/h6-16H,4-5H2,1-3H3/q+1. The van der Waals surface area contributed by atoms with Crippen LogP contribution in [-0.4, -0.2) is 18.1 Å². The van der Waals surface area contributed by atoms with E-state index in [0.29, 0.717) is 5.89 Å². The SMILES string of the molecule is CCN(CC)c1ccc(N=Nc2ccc(-c3nc4ccc[n+](C)c4o3)cc2)cc1. The highest BCUT2D eigenvalue weighted by Crippen LogP contribution is 2.26. The molecule has 0 saturated heterocycles. The highest BCUT2D eigenvalue weighted by atomic mass is 16.4. The van der Waals surface area contributed by atoms with E-state index < -0.39 is 0 Å². The Morgan fingerprint density at radius 3 is 2.10 bits per heavy atom. The lowest BCUT2D eigenvalue weighted by Crippen LogP contribution is -2.27. The first kappa shape index (κ1) is 18.8. The van der Waals surface area contributed by atoms with Crippen LogP contribution in [0.3, 0.4) is 0 Å². The molecule has 4 aromatic rings. The molecule has 0 spiro atoms. The maximum Gasteiger partial charge on any atom is 0.401 e. The van der Waals surface area contributed by atoms with Gasteiger partial charge in [0.05, 0.1) is 11.4 Å². The second-order valence-corrected chi connectivity index (χ2v) is 6.76. The molecular weight excluding hydrogens is 362 g/mol. The molecule has 2 aromatic carbocycles. The minimum absolute atomic E-state index is 0.595. The molecule has 0 N–H and O–H groups in total. The number of anilines is 1. The summed E-state index contributed by atoms with van der Waals surface area (Å²) in [6.07, 6.45) is 1.94. The quantitative estimate of drug-likeness (QED) is 0.321. The van der Waals surface area contributed by atoms with Crippen LogP contribution in [0.5, 0.6) is 0 Å². The Balaban J connectivity index is 1.49. The number of oxazole rings is 1. The van der Waals surface area contributed by atoms with Crippen molar-refractivity contribution in [2.75, 3.05) is 18.0 Å². The van der Waals surface area contributed by atoms with Crippen LogP contribution in [0.15, 0.2) is 81.5 Å². The van der Waals surface area contributed by atoms with E-state index in [1.54, 1.807) is 0 Å². The highest BCUT2D eigenvalue weighted by Gasteiger charge is 2.14. The minimum Gasteiger partial charge on any atom is -0.384 e. The zero-order chi connectivity index (χ0) is 20.2. The fraction of sp³-hybridized carbons (Fsp3) is 0.217. The van der Waals surface area contributed by atoms with Crippen molar-refractivity contribution in [2.45, 2.75) is 13.8 Å². The van der Waals surface area contributed by atoms with E-state index in [4.69, 9.17) is 4.42 Å². The summed E-state index contributed by atoms with van der Waals surface area (Å²) in [6.45, 7) is 6.29. The highest BCUT2D eigenvalue weighted by molar-refractivity contribution is 5.70. The summed E-state index contributed by atoms with van der Waals surface area (Å²) < 4.78 is 7.81. The van der Waals surface area contributed by atoms with Gasteiger partial charge in [-0.3, -0.25) is 0 Å². The minimum atomic E-state index is 0.595. The lowest BCUT2D eigenvalue weighted by Gasteiger charge is -2.20. The molecule has 0 bridgehead atoms. The zero-order valence-corrected chi connectivity index (χ0v) is 16.9. The van der Waals surface area contributed by atoms with Crippen molar-refractivity contribution in [1.82, 2.24) is 4.98 Å². The lowest BCUT2D eigenvalue weighted by molar-refractivity contribution is -0.651. The summed E-state index contributed by atoms with van der Waals surface area (Å²) in [5, 5.41) is 8.68. The number of aromatic nitrogens is 2. The molecule has 0 atom stereocenters. The third-order valence-corrected chi connectivity index (χ3v) is 4.89. The number of pyridine rings is 1. The number of rotatable bonds is 6. The normalized spacial score (nSPS) is 11.4. The number of hydrogen-bond donors (Lipinski definition) is 0. The molecule has 0 radical (unpaired) electrons. The Labute approximate surface area is 170 Å². The second-order valence-electron chi connectivity index (χ2n) is 6.76. The molecule has 2 heterocycles. The number of azo groups is 1. The van der Waals surface area contributed by atoms with Gasteiger partial charge in [0.15, 0.2) is 11.7 Å². The van der Waals surface area contributed by atoms with E-state index in [1.807, 2.05) is 66.3 Å². The molecule has 6 nitrogen and oxygen atoms in total. The van der Waals surface area contributed by atoms with Gasteiger partial charge in [-0.25, -0.2) is 4.98 Å². The lowest BCUT2D eigenvalue weighted by atomic mass is 10.2. The largest absolute Gasteiger partial charge is 0.401 e. The summed E-state index contributed by atoms with van der Waals surface area (Å²) in [7, 11) is 1.94. The van der Waals surface area contributed by atoms with Gasteiger partial charge in [-0.05, 0) is 68.4 Å². The summed E-state index contributed by atoms with van der Waals surface area (Å²) in [5.74, 6) is 0.595. The van der Waals surface area contributed by atoms with Gasteiger partial charge in [0.25, 0.3) is 0 Å². The molecule has 0 aliphatic rings. The Kier molecular flexibility index (Phi) is 5.33. The predicted octanol–water partition coefficient (Wildman–Crippen LogP) is 5.58. The van der Waals surface area contributed by atoms with Crippen molar-refractivity contribution in [3.05, 3.63) is 66.9 Å². The Bertz CT molecular complexity index is 1130. The number of fused-ring (bicyclic) bond motifs is 1. The molecule has 29 heavy (non-hydrogen) atoms. The van der Waals surface area contributed by atoms with Gasteiger partial charge in [-0.1, -0.05) is 0 Å². The predicted molar refractivity (Wildman–Crippen MR) is 115 cm³/mol. The molecule has 0 unspecified atom stereocenters. The maximum absolute atomic E-state index is 5.90. The molecule has 0 aliphatic carbocycles. The van der Waals surface area contributed by atoms with Crippen LogP contribution < -0.4 is 9.47 Å². The van der Waals surface area contributed by atoms with Gasteiger partial charge in [0.1, 0.15) is 7.05 Å². The van der Waals surface area contributed by atoms with Crippen molar-refractivity contribution >= 4 is 28.3 Å². The van der Waals surface area contributed by atoms with Crippen molar-refractivity contribution in [3.63, 3.8) is 0 Å². The summed E-state index contributed by atoms with van der Waals surface area (Å²) in [5.41, 5.74) is 5.30. The van der Waals surface area contributed by atoms with Crippen LogP contribution in [0, 0.1) is 0 Å². The number of nitrogens with zero attached hydrogens (tertiary/aromatic N) is 5.